The Morgan fingerprint density at radius 2 is 0.905 bits per heavy atom. The molecule has 0 aromatic heterocycles. The van der Waals surface area contributed by atoms with Gasteiger partial charge in [0, 0.05) is 12.4 Å². The second-order valence-corrected chi connectivity index (χ2v) is 13.4. The summed E-state index contributed by atoms with van der Waals surface area (Å²) >= 11 is 0. The molecule has 2 rings (SSSR count). The van der Waals surface area contributed by atoms with Crippen LogP contribution in [0.15, 0.2) is 128 Å². The van der Waals surface area contributed by atoms with Crippen LogP contribution in [-0.4, -0.2) is 12.4 Å². The summed E-state index contributed by atoms with van der Waals surface area (Å²) in [5.41, 5.74) is 11.4. The van der Waals surface area contributed by atoms with E-state index >= 15 is 0 Å². The SMILES string of the molecule is CC1=C(C=C/C(C)=C/C=C/C(C)=C/C=N/N=C/C=C(C)\C=C\C=C(C)/C=C/C2=C(C)CCCC2(C)C)C(C)(C)CCC1. The van der Waals surface area contributed by atoms with E-state index < -0.39 is 0 Å². The number of nitrogens with zero attached hydrogens (tertiary/aromatic N) is 2. The van der Waals surface area contributed by atoms with Crippen molar-refractivity contribution in [1.82, 2.24) is 0 Å². The Labute approximate surface area is 258 Å². The van der Waals surface area contributed by atoms with E-state index in [1.54, 1.807) is 12.4 Å². The molecule has 0 aromatic rings. The molecule has 0 fully saturated rings. The fourth-order valence-electron chi connectivity index (χ4n) is 5.75. The second-order valence-electron chi connectivity index (χ2n) is 13.4. The zero-order valence-electron chi connectivity index (χ0n) is 28.2. The van der Waals surface area contributed by atoms with E-state index in [1.807, 2.05) is 12.2 Å². The molecule has 0 atom stereocenters. The molecule has 2 aliphatic rings. The zero-order valence-corrected chi connectivity index (χ0v) is 28.2. The van der Waals surface area contributed by atoms with Gasteiger partial charge in [0.25, 0.3) is 0 Å². The highest BCUT2D eigenvalue weighted by Gasteiger charge is 2.27. The maximum absolute atomic E-state index is 4.13. The molecule has 2 aliphatic carbocycles. The van der Waals surface area contributed by atoms with E-state index in [2.05, 4.69) is 140 Å². The molecular weight excluding hydrogens is 508 g/mol. The van der Waals surface area contributed by atoms with Crippen molar-refractivity contribution in [2.24, 2.45) is 21.0 Å². The van der Waals surface area contributed by atoms with Gasteiger partial charge in [0.15, 0.2) is 0 Å². The van der Waals surface area contributed by atoms with Gasteiger partial charge in [0.2, 0.25) is 0 Å². The van der Waals surface area contributed by atoms with E-state index in [0.717, 1.165) is 11.1 Å². The first-order valence-corrected chi connectivity index (χ1v) is 15.7. The maximum Gasteiger partial charge on any atom is 0.0498 e. The zero-order chi connectivity index (χ0) is 31.2. The minimum absolute atomic E-state index is 0.277. The maximum atomic E-state index is 4.13. The third kappa shape index (κ3) is 12.3. The van der Waals surface area contributed by atoms with Crippen LogP contribution < -0.4 is 0 Å². The van der Waals surface area contributed by atoms with Crippen LogP contribution in [0.3, 0.4) is 0 Å². The van der Waals surface area contributed by atoms with E-state index in [9.17, 15) is 0 Å². The van der Waals surface area contributed by atoms with Gasteiger partial charge in [0.1, 0.15) is 0 Å². The lowest BCUT2D eigenvalue weighted by Gasteiger charge is -2.33. The van der Waals surface area contributed by atoms with Crippen molar-refractivity contribution in [3.63, 3.8) is 0 Å². The first kappa shape index (κ1) is 34.9. The first-order chi connectivity index (χ1) is 19.8. The monoisotopic (exact) mass is 564 g/mol. The van der Waals surface area contributed by atoms with Gasteiger partial charge in [-0.3, -0.25) is 0 Å². The van der Waals surface area contributed by atoms with Gasteiger partial charge in [-0.05, 0) is 125 Å². The summed E-state index contributed by atoms with van der Waals surface area (Å²) in [5.74, 6) is 0. The molecule has 0 radical (unpaired) electrons. The van der Waals surface area contributed by atoms with Crippen molar-refractivity contribution in [2.75, 3.05) is 0 Å². The van der Waals surface area contributed by atoms with Crippen LogP contribution >= 0.6 is 0 Å². The highest BCUT2D eigenvalue weighted by molar-refractivity contribution is 5.76. The molecule has 0 amide bonds. The minimum Gasteiger partial charge on any atom is -0.159 e. The molecule has 0 aromatic carbocycles. The van der Waals surface area contributed by atoms with Crippen LogP contribution in [0.2, 0.25) is 0 Å². The van der Waals surface area contributed by atoms with Crippen molar-refractivity contribution in [1.29, 1.82) is 0 Å². The molecular formula is C40H56N2. The predicted molar refractivity (Wildman–Crippen MR) is 189 cm³/mol. The third-order valence-corrected chi connectivity index (χ3v) is 8.42. The van der Waals surface area contributed by atoms with Gasteiger partial charge < -0.3 is 0 Å². The van der Waals surface area contributed by atoms with Crippen molar-refractivity contribution < 1.29 is 0 Å². The third-order valence-electron chi connectivity index (χ3n) is 8.42. The Bertz CT molecular complexity index is 1200. The Morgan fingerprint density at radius 3 is 1.26 bits per heavy atom. The van der Waals surface area contributed by atoms with Gasteiger partial charge in [-0.2, -0.15) is 10.2 Å². The van der Waals surface area contributed by atoms with Crippen LogP contribution in [0.1, 0.15) is 108 Å². The van der Waals surface area contributed by atoms with E-state index in [-0.39, 0.29) is 10.8 Å². The highest BCUT2D eigenvalue weighted by Crippen LogP contribution is 2.41. The number of hydrogen-bond donors (Lipinski definition) is 0. The van der Waals surface area contributed by atoms with Gasteiger partial charge in [-0.25, -0.2) is 0 Å². The van der Waals surface area contributed by atoms with Gasteiger partial charge in [-0.1, -0.05) is 111 Å². The number of allylic oxidation sites excluding steroid dienone is 20. The molecule has 0 aliphatic heterocycles. The van der Waals surface area contributed by atoms with Crippen molar-refractivity contribution in [3.05, 3.63) is 117 Å². The largest absolute Gasteiger partial charge is 0.159 e. The lowest BCUT2D eigenvalue weighted by atomic mass is 9.72. The number of rotatable bonds is 11. The predicted octanol–water partition coefficient (Wildman–Crippen LogP) is 12.1. The highest BCUT2D eigenvalue weighted by atomic mass is 15.2. The van der Waals surface area contributed by atoms with Crippen LogP contribution in [0.5, 0.6) is 0 Å². The van der Waals surface area contributed by atoms with E-state index in [0.29, 0.717) is 0 Å². The summed E-state index contributed by atoms with van der Waals surface area (Å²) in [6, 6.07) is 0. The summed E-state index contributed by atoms with van der Waals surface area (Å²) in [5, 5.41) is 8.26. The summed E-state index contributed by atoms with van der Waals surface area (Å²) in [6.45, 7) is 22.4. The topological polar surface area (TPSA) is 24.7 Å². The van der Waals surface area contributed by atoms with Crippen molar-refractivity contribution in [3.8, 4) is 0 Å². The first-order valence-electron chi connectivity index (χ1n) is 15.7. The number of hydrogen-bond acceptors (Lipinski definition) is 2. The lowest BCUT2D eigenvalue weighted by Crippen LogP contribution is -2.19. The van der Waals surface area contributed by atoms with Gasteiger partial charge in [-0.15, -0.1) is 0 Å². The van der Waals surface area contributed by atoms with Crippen LogP contribution in [-0.2, 0) is 0 Å². The molecule has 0 bridgehead atoms. The molecule has 0 saturated carbocycles. The Morgan fingerprint density at radius 1 is 0.548 bits per heavy atom. The standard InChI is InChI=1S/C40H56N2/c1-31(21-23-37-35(5)19-13-27-39(37,7)8)15-11-17-33(3)25-29-41-42-30-26-34(4)18-12-16-32(2)22-24-38-36(6)20-14-28-40(38,9)10/h11-12,15-18,21-26,29-30H,13-14,19-20,27-28H2,1-10H3/b17-11+,18-12+,23-21+,24-22?,31-15-,32-16+,33-25-,34-26+,41-29+,42-30+. The van der Waals surface area contributed by atoms with Gasteiger partial charge in [0.05, 0.1) is 0 Å². The van der Waals surface area contributed by atoms with Gasteiger partial charge >= 0.3 is 0 Å². The molecule has 0 heterocycles. The van der Waals surface area contributed by atoms with Crippen molar-refractivity contribution >= 4 is 12.4 Å². The smallest absolute Gasteiger partial charge is 0.0498 e. The molecule has 0 unspecified atom stereocenters. The molecule has 0 spiro atoms. The molecule has 42 heavy (non-hydrogen) atoms. The summed E-state index contributed by atoms with van der Waals surface area (Å²) in [7, 11) is 0. The summed E-state index contributed by atoms with van der Waals surface area (Å²) < 4.78 is 0. The Hall–Kier alpha value is -3.26. The quantitative estimate of drug-likeness (QED) is 0.135. The fraction of sp³-hybridized carbons (Fsp3) is 0.450. The average Bonchev–Trinajstić information content (AvgIpc) is 2.89. The normalized spacial score (nSPS) is 21.7. The molecule has 2 nitrogen and oxygen atoms in total. The second kappa shape index (κ2) is 17.0. The molecule has 0 N–H and O–H groups in total. The lowest BCUT2D eigenvalue weighted by molar-refractivity contribution is 0.376. The molecule has 2 heteroatoms. The van der Waals surface area contributed by atoms with E-state index in [1.165, 1.54) is 72.0 Å². The minimum atomic E-state index is 0.277. The average molecular weight is 565 g/mol. The Kier molecular flexibility index (Phi) is 14.1. The summed E-state index contributed by atoms with van der Waals surface area (Å²) in [4.78, 5) is 0. The fourth-order valence-corrected chi connectivity index (χ4v) is 5.75. The van der Waals surface area contributed by atoms with Crippen molar-refractivity contribution in [2.45, 2.75) is 108 Å². The molecule has 226 valence electrons. The molecule has 0 saturated heterocycles. The summed E-state index contributed by atoms with van der Waals surface area (Å²) in [6.07, 6.45) is 36.8. The van der Waals surface area contributed by atoms with Crippen LogP contribution in [0.25, 0.3) is 0 Å². The Balaban J connectivity index is 1.84. The van der Waals surface area contributed by atoms with Crippen LogP contribution in [0, 0.1) is 10.8 Å². The van der Waals surface area contributed by atoms with E-state index in [4.69, 9.17) is 0 Å². The van der Waals surface area contributed by atoms with Crippen LogP contribution in [0.4, 0.5) is 0 Å².